The van der Waals surface area contributed by atoms with Crippen LogP contribution >= 0.6 is 0 Å². The monoisotopic (exact) mass is 268 g/mol. The van der Waals surface area contributed by atoms with Crippen LogP contribution < -0.4 is 15.4 Å². The van der Waals surface area contributed by atoms with E-state index in [0.29, 0.717) is 18.3 Å². The number of carbonyl (C=O) groups is 2. The van der Waals surface area contributed by atoms with Crippen molar-refractivity contribution in [3.8, 4) is 5.88 Å². The summed E-state index contributed by atoms with van der Waals surface area (Å²) in [6.07, 6.45) is 3.78. The average Bonchev–Trinajstić information content (AvgIpc) is 2.41. The molecule has 1 heterocycles. The molecule has 1 amide bonds. The summed E-state index contributed by atoms with van der Waals surface area (Å²) in [6, 6.07) is 0. The highest BCUT2D eigenvalue weighted by Gasteiger charge is 2.05. The number of ether oxygens (including phenoxy) is 1. The van der Waals surface area contributed by atoms with E-state index < -0.39 is 18.4 Å². The van der Waals surface area contributed by atoms with Crippen LogP contribution in [-0.4, -0.2) is 46.6 Å². The molecule has 0 radical (unpaired) electrons. The Hall–Kier alpha value is -2.38. The number of carboxylic acids is 1. The second-order valence-corrected chi connectivity index (χ2v) is 3.62. The summed E-state index contributed by atoms with van der Waals surface area (Å²) in [7, 11) is 0. The quantitative estimate of drug-likeness (QED) is 0.602. The Labute approximate surface area is 110 Å². The molecule has 1 rings (SSSR count). The van der Waals surface area contributed by atoms with Crippen molar-refractivity contribution in [1.29, 1.82) is 0 Å². The number of hydrogen-bond donors (Lipinski definition) is 3. The minimum absolute atomic E-state index is 0.0841. The number of rotatable bonds is 8. The van der Waals surface area contributed by atoms with E-state index in [1.54, 1.807) is 0 Å². The van der Waals surface area contributed by atoms with E-state index in [9.17, 15) is 9.59 Å². The molecular weight excluding hydrogens is 252 g/mol. The van der Waals surface area contributed by atoms with Crippen molar-refractivity contribution >= 4 is 17.7 Å². The van der Waals surface area contributed by atoms with Crippen LogP contribution in [0.2, 0.25) is 0 Å². The maximum atomic E-state index is 11.3. The predicted molar refractivity (Wildman–Crippen MR) is 67.0 cm³/mol. The molecule has 0 saturated heterocycles. The fourth-order valence-corrected chi connectivity index (χ4v) is 1.12. The lowest BCUT2D eigenvalue weighted by Crippen LogP contribution is -2.34. The number of hydrogen-bond acceptors (Lipinski definition) is 6. The van der Waals surface area contributed by atoms with Crippen LogP contribution in [0.25, 0.3) is 0 Å². The molecule has 0 aliphatic rings. The first-order chi connectivity index (χ1) is 9.11. The topological polar surface area (TPSA) is 113 Å². The molecule has 0 saturated carbocycles. The molecule has 19 heavy (non-hydrogen) atoms. The standard InChI is InChI=1S/C11H16N4O4/c1-2-3-19-10-6-12-4-8(15-10)13-5-9(16)14-7-11(17)18/h4,6H,2-3,5,7H2,1H3,(H,13,15)(H,14,16)(H,17,18). The molecule has 0 fully saturated rings. The van der Waals surface area contributed by atoms with Gasteiger partial charge in [0.05, 0.1) is 25.5 Å². The number of amides is 1. The van der Waals surface area contributed by atoms with Crippen molar-refractivity contribution in [2.45, 2.75) is 13.3 Å². The van der Waals surface area contributed by atoms with Crippen molar-refractivity contribution < 1.29 is 19.4 Å². The van der Waals surface area contributed by atoms with E-state index in [4.69, 9.17) is 9.84 Å². The number of carbonyl (C=O) groups excluding carboxylic acids is 1. The van der Waals surface area contributed by atoms with Gasteiger partial charge in [0.25, 0.3) is 0 Å². The van der Waals surface area contributed by atoms with Crippen LogP contribution in [0.15, 0.2) is 12.4 Å². The molecule has 1 aromatic rings. The lowest BCUT2D eigenvalue weighted by molar-refractivity contribution is -0.137. The van der Waals surface area contributed by atoms with Crippen molar-refractivity contribution in [1.82, 2.24) is 15.3 Å². The van der Waals surface area contributed by atoms with Crippen LogP contribution in [-0.2, 0) is 9.59 Å². The predicted octanol–water partition coefficient (Wildman–Crippen LogP) is -0.122. The highest BCUT2D eigenvalue weighted by atomic mass is 16.5. The van der Waals surface area contributed by atoms with Crippen LogP contribution in [0.5, 0.6) is 5.88 Å². The van der Waals surface area contributed by atoms with Gasteiger partial charge < -0.3 is 20.5 Å². The molecule has 1 aromatic heterocycles. The Bertz CT molecular complexity index is 438. The van der Waals surface area contributed by atoms with Gasteiger partial charge in [0.15, 0.2) is 0 Å². The zero-order chi connectivity index (χ0) is 14.1. The fourth-order valence-electron chi connectivity index (χ4n) is 1.12. The summed E-state index contributed by atoms with van der Waals surface area (Å²) in [5.41, 5.74) is 0. The Kier molecular flexibility index (Phi) is 6.07. The second kappa shape index (κ2) is 7.85. The molecule has 0 atom stereocenters. The molecule has 8 heteroatoms. The Morgan fingerprint density at radius 3 is 2.84 bits per heavy atom. The van der Waals surface area contributed by atoms with Gasteiger partial charge in [-0.1, -0.05) is 6.92 Å². The highest BCUT2D eigenvalue weighted by Crippen LogP contribution is 2.08. The maximum absolute atomic E-state index is 11.3. The zero-order valence-corrected chi connectivity index (χ0v) is 10.5. The summed E-state index contributed by atoms with van der Waals surface area (Å²) in [5.74, 6) is -0.774. The number of carboxylic acid groups (broad SMARTS) is 1. The Morgan fingerprint density at radius 2 is 2.16 bits per heavy atom. The molecule has 104 valence electrons. The molecule has 0 aliphatic carbocycles. The van der Waals surface area contributed by atoms with Crippen molar-refractivity contribution in [3.05, 3.63) is 12.4 Å². The third-order valence-electron chi connectivity index (χ3n) is 1.93. The van der Waals surface area contributed by atoms with Gasteiger partial charge in [-0.3, -0.25) is 14.6 Å². The molecule has 0 spiro atoms. The normalized spacial score (nSPS) is 9.74. The minimum Gasteiger partial charge on any atom is -0.480 e. The van der Waals surface area contributed by atoms with Gasteiger partial charge in [-0.2, -0.15) is 4.98 Å². The molecular formula is C11H16N4O4. The highest BCUT2D eigenvalue weighted by molar-refractivity contribution is 5.84. The first kappa shape index (κ1) is 14.7. The van der Waals surface area contributed by atoms with E-state index in [1.807, 2.05) is 6.92 Å². The number of nitrogens with one attached hydrogen (secondary N) is 2. The fraction of sp³-hybridized carbons (Fsp3) is 0.455. The van der Waals surface area contributed by atoms with Crippen LogP contribution in [0.1, 0.15) is 13.3 Å². The van der Waals surface area contributed by atoms with Gasteiger partial charge >= 0.3 is 5.97 Å². The van der Waals surface area contributed by atoms with E-state index in [2.05, 4.69) is 20.6 Å². The number of anilines is 1. The molecule has 0 aliphatic heterocycles. The molecule has 0 unspecified atom stereocenters. The van der Waals surface area contributed by atoms with E-state index in [0.717, 1.165) is 6.42 Å². The molecule has 8 nitrogen and oxygen atoms in total. The second-order valence-electron chi connectivity index (χ2n) is 3.62. The van der Waals surface area contributed by atoms with Gasteiger partial charge in [0, 0.05) is 0 Å². The van der Waals surface area contributed by atoms with E-state index >= 15 is 0 Å². The van der Waals surface area contributed by atoms with Crippen LogP contribution in [0, 0.1) is 0 Å². The smallest absolute Gasteiger partial charge is 0.322 e. The molecule has 0 bridgehead atoms. The Morgan fingerprint density at radius 1 is 1.37 bits per heavy atom. The van der Waals surface area contributed by atoms with Crippen molar-refractivity contribution in [3.63, 3.8) is 0 Å². The summed E-state index contributed by atoms with van der Waals surface area (Å²) in [5, 5.41) is 13.3. The number of aliphatic carboxylic acids is 1. The largest absolute Gasteiger partial charge is 0.480 e. The summed E-state index contributed by atoms with van der Waals surface area (Å²) in [6.45, 7) is 2.02. The van der Waals surface area contributed by atoms with E-state index in [-0.39, 0.29) is 6.54 Å². The lowest BCUT2D eigenvalue weighted by Gasteiger charge is -2.07. The summed E-state index contributed by atoms with van der Waals surface area (Å²) in [4.78, 5) is 29.5. The zero-order valence-electron chi connectivity index (χ0n) is 10.5. The van der Waals surface area contributed by atoms with Gasteiger partial charge in [0.1, 0.15) is 12.4 Å². The third kappa shape index (κ3) is 6.20. The van der Waals surface area contributed by atoms with Crippen LogP contribution in [0.3, 0.4) is 0 Å². The van der Waals surface area contributed by atoms with Crippen LogP contribution in [0.4, 0.5) is 5.82 Å². The van der Waals surface area contributed by atoms with Gasteiger partial charge in [-0.15, -0.1) is 0 Å². The number of aromatic nitrogens is 2. The Balaban J connectivity index is 2.39. The van der Waals surface area contributed by atoms with Gasteiger partial charge in [-0.25, -0.2) is 0 Å². The minimum atomic E-state index is -1.09. The maximum Gasteiger partial charge on any atom is 0.322 e. The first-order valence-corrected chi connectivity index (χ1v) is 5.79. The van der Waals surface area contributed by atoms with Crippen molar-refractivity contribution in [2.75, 3.05) is 25.0 Å². The summed E-state index contributed by atoms with van der Waals surface area (Å²) >= 11 is 0. The molecule has 3 N–H and O–H groups in total. The summed E-state index contributed by atoms with van der Waals surface area (Å²) < 4.78 is 5.29. The SMILES string of the molecule is CCCOc1cncc(NCC(=O)NCC(=O)O)n1. The van der Waals surface area contributed by atoms with Gasteiger partial charge in [-0.05, 0) is 6.42 Å². The first-order valence-electron chi connectivity index (χ1n) is 5.79. The van der Waals surface area contributed by atoms with Crippen molar-refractivity contribution in [2.24, 2.45) is 0 Å². The number of nitrogens with zero attached hydrogens (tertiary/aromatic N) is 2. The lowest BCUT2D eigenvalue weighted by atomic mass is 10.5. The average molecular weight is 268 g/mol. The van der Waals surface area contributed by atoms with Gasteiger partial charge in [0.2, 0.25) is 11.8 Å². The van der Waals surface area contributed by atoms with E-state index in [1.165, 1.54) is 12.4 Å². The third-order valence-corrected chi connectivity index (χ3v) is 1.93. The molecule has 0 aromatic carbocycles.